The molecule has 0 unspecified atom stereocenters. The van der Waals surface area contributed by atoms with Crippen LogP contribution in [0.5, 0.6) is 0 Å². The summed E-state index contributed by atoms with van der Waals surface area (Å²) in [6.45, 7) is 0.436. The Morgan fingerprint density at radius 3 is 2.38 bits per heavy atom. The average Bonchev–Trinajstić information content (AvgIpc) is 2.37. The third kappa shape index (κ3) is 4.16. The van der Waals surface area contributed by atoms with Gasteiger partial charge in [0.2, 0.25) is 0 Å². The predicted molar refractivity (Wildman–Crippen MR) is 77.0 cm³/mol. The summed E-state index contributed by atoms with van der Waals surface area (Å²) in [5, 5.41) is 12.0. The van der Waals surface area contributed by atoms with Crippen molar-refractivity contribution >= 4 is 23.3 Å². The lowest BCUT2D eigenvalue weighted by atomic mass is 10.1. The fourth-order valence-corrected chi connectivity index (χ4v) is 2.17. The highest BCUT2D eigenvalue weighted by atomic mass is 35.5. The molecule has 0 amide bonds. The largest absolute Gasteiger partial charge is 0.478 e. The molecule has 110 valence electrons. The maximum Gasteiger partial charge on any atom is 0.337 e. The van der Waals surface area contributed by atoms with Gasteiger partial charge in [-0.1, -0.05) is 11.6 Å². The van der Waals surface area contributed by atoms with E-state index >= 15 is 0 Å². The van der Waals surface area contributed by atoms with Crippen molar-refractivity contribution < 1.29 is 18.7 Å². The molecule has 0 fully saturated rings. The van der Waals surface area contributed by atoms with E-state index in [4.69, 9.17) is 16.7 Å². The van der Waals surface area contributed by atoms with Gasteiger partial charge >= 0.3 is 5.97 Å². The van der Waals surface area contributed by atoms with Crippen LogP contribution in [0.1, 0.15) is 15.9 Å². The summed E-state index contributed by atoms with van der Waals surface area (Å²) >= 11 is 5.84. The number of hydrogen-bond acceptors (Lipinski definition) is 2. The number of benzene rings is 2. The molecule has 2 aromatic carbocycles. The van der Waals surface area contributed by atoms with Gasteiger partial charge in [0.05, 0.1) is 10.6 Å². The molecular weight excluding hydrogens is 300 g/mol. The molecule has 6 heteroatoms. The van der Waals surface area contributed by atoms with Gasteiger partial charge in [0.15, 0.2) is 0 Å². The zero-order valence-electron chi connectivity index (χ0n) is 10.9. The fourth-order valence-electron chi connectivity index (χ4n) is 1.90. The van der Waals surface area contributed by atoms with Gasteiger partial charge in [0, 0.05) is 18.3 Å². The van der Waals surface area contributed by atoms with Crippen molar-refractivity contribution in [2.75, 3.05) is 11.9 Å². The van der Waals surface area contributed by atoms with Gasteiger partial charge in [-0.05, 0) is 42.3 Å². The molecule has 0 aromatic heterocycles. The van der Waals surface area contributed by atoms with E-state index in [1.165, 1.54) is 24.3 Å². The molecule has 0 bridgehead atoms. The molecule has 0 aliphatic rings. The van der Waals surface area contributed by atoms with Gasteiger partial charge in [0.1, 0.15) is 11.6 Å². The minimum atomic E-state index is -1.10. The molecule has 3 nitrogen and oxygen atoms in total. The Morgan fingerprint density at radius 2 is 1.81 bits per heavy atom. The van der Waals surface area contributed by atoms with E-state index in [1.807, 2.05) is 0 Å². The fraction of sp³-hybridized carbons (Fsp3) is 0.133. The van der Waals surface area contributed by atoms with Gasteiger partial charge < -0.3 is 10.4 Å². The second-order valence-corrected chi connectivity index (χ2v) is 4.86. The number of carboxylic acid groups (broad SMARTS) is 1. The van der Waals surface area contributed by atoms with E-state index in [0.717, 1.165) is 6.07 Å². The molecule has 0 atom stereocenters. The summed E-state index contributed by atoms with van der Waals surface area (Å²) in [6, 6.07) is 7.84. The van der Waals surface area contributed by atoms with Crippen LogP contribution in [0, 0.1) is 11.6 Å². The molecule has 0 heterocycles. The molecule has 0 radical (unpaired) electrons. The standard InChI is InChI=1S/C15H12ClF2NO2/c16-14-8-12(1-2-13(14)15(20)21)19-4-3-9-5-10(17)7-11(18)6-9/h1-2,5-8,19H,3-4H2,(H,20,21). The van der Waals surface area contributed by atoms with Gasteiger partial charge in [-0.3, -0.25) is 0 Å². The third-order valence-electron chi connectivity index (χ3n) is 2.86. The number of carbonyl (C=O) groups is 1. The lowest BCUT2D eigenvalue weighted by Crippen LogP contribution is -2.06. The van der Waals surface area contributed by atoms with Crippen molar-refractivity contribution in [3.05, 3.63) is 64.2 Å². The molecule has 0 saturated carbocycles. The number of anilines is 1. The minimum absolute atomic E-state index is 0.0226. The molecule has 21 heavy (non-hydrogen) atoms. The van der Waals surface area contributed by atoms with Crippen molar-refractivity contribution in [3.8, 4) is 0 Å². The maximum atomic E-state index is 13.0. The lowest BCUT2D eigenvalue weighted by molar-refractivity contribution is 0.0697. The van der Waals surface area contributed by atoms with Crippen molar-refractivity contribution in [2.24, 2.45) is 0 Å². The average molecular weight is 312 g/mol. The molecule has 0 aliphatic heterocycles. The summed E-state index contributed by atoms with van der Waals surface area (Å²) in [5.41, 5.74) is 1.20. The van der Waals surface area contributed by atoms with E-state index < -0.39 is 17.6 Å². The maximum absolute atomic E-state index is 13.0. The van der Waals surface area contributed by atoms with Crippen LogP contribution < -0.4 is 5.32 Å². The van der Waals surface area contributed by atoms with Crippen LogP contribution in [0.25, 0.3) is 0 Å². The highest BCUT2D eigenvalue weighted by Gasteiger charge is 2.08. The Balaban J connectivity index is 1.97. The molecule has 0 saturated heterocycles. The highest BCUT2D eigenvalue weighted by Crippen LogP contribution is 2.21. The summed E-state index contributed by atoms with van der Waals surface area (Å²) in [5.74, 6) is -2.32. The molecule has 2 aromatic rings. The Morgan fingerprint density at radius 1 is 1.14 bits per heavy atom. The Labute approximate surface area is 125 Å². The highest BCUT2D eigenvalue weighted by molar-refractivity contribution is 6.33. The zero-order valence-corrected chi connectivity index (χ0v) is 11.6. The van der Waals surface area contributed by atoms with Gasteiger partial charge in [-0.25, -0.2) is 13.6 Å². The van der Waals surface area contributed by atoms with Crippen LogP contribution in [-0.2, 0) is 6.42 Å². The summed E-state index contributed by atoms with van der Waals surface area (Å²) in [6.07, 6.45) is 0.424. The Hall–Kier alpha value is -2.14. The minimum Gasteiger partial charge on any atom is -0.478 e. The SMILES string of the molecule is O=C(O)c1ccc(NCCc2cc(F)cc(F)c2)cc1Cl. The molecule has 2 rings (SSSR count). The van der Waals surface area contributed by atoms with Crippen molar-refractivity contribution in [2.45, 2.75) is 6.42 Å². The molecule has 0 spiro atoms. The van der Waals surface area contributed by atoms with Crippen LogP contribution in [-0.4, -0.2) is 17.6 Å². The van der Waals surface area contributed by atoms with Crippen LogP contribution in [0.15, 0.2) is 36.4 Å². The van der Waals surface area contributed by atoms with E-state index in [1.54, 1.807) is 6.07 Å². The molecular formula is C15H12ClF2NO2. The monoisotopic (exact) mass is 311 g/mol. The number of hydrogen-bond donors (Lipinski definition) is 2. The first kappa shape index (κ1) is 15.3. The summed E-state index contributed by atoms with van der Waals surface area (Å²) in [7, 11) is 0. The lowest BCUT2D eigenvalue weighted by Gasteiger charge is -2.08. The smallest absolute Gasteiger partial charge is 0.337 e. The van der Waals surface area contributed by atoms with Crippen molar-refractivity contribution in [1.82, 2.24) is 0 Å². The second-order valence-electron chi connectivity index (χ2n) is 4.45. The van der Waals surface area contributed by atoms with Crippen molar-refractivity contribution in [1.29, 1.82) is 0 Å². The van der Waals surface area contributed by atoms with Crippen LogP contribution in [0.4, 0.5) is 14.5 Å². The number of halogens is 3. The number of rotatable bonds is 5. The van der Waals surface area contributed by atoms with Crippen molar-refractivity contribution in [3.63, 3.8) is 0 Å². The number of carboxylic acids is 1. The predicted octanol–water partition coefficient (Wildman–Crippen LogP) is 3.97. The third-order valence-corrected chi connectivity index (χ3v) is 3.18. The van der Waals surface area contributed by atoms with E-state index in [9.17, 15) is 13.6 Å². The molecule has 0 aliphatic carbocycles. The van der Waals surface area contributed by atoms with Crippen LogP contribution in [0.2, 0.25) is 5.02 Å². The van der Waals surface area contributed by atoms with Crippen LogP contribution in [0.3, 0.4) is 0 Å². The van der Waals surface area contributed by atoms with Gasteiger partial charge in [-0.2, -0.15) is 0 Å². The van der Waals surface area contributed by atoms with E-state index in [2.05, 4.69) is 5.32 Å². The first-order valence-electron chi connectivity index (χ1n) is 6.17. The topological polar surface area (TPSA) is 49.3 Å². The Kier molecular flexibility index (Phi) is 4.75. The van der Waals surface area contributed by atoms with Gasteiger partial charge in [-0.15, -0.1) is 0 Å². The number of aromatic carboxylic acids is 1. The zero-order chi connectivity index (χ0) is 15.4. The number of nitrogens with one attached hydrogen (secondary N) is 1. The van der Waals surface area contributed by atoms with Crippen LogP contribution >= 0.6 is 11.6 Å². The summed E-state index contributed by atoms with van der Waals surface area (Å²) < 4.78 is 26.0. The van der Waals surface area contributed by atoms with E-state index in [-0.39, 0.29) is 10.6 Å². The first-order chi connectivity index (χ1) is 9.95. The van der Waals surface area contributed by atoms with Gasteiger partial charge in [0.25, 0.3) is 0 Å². The second kappa shape index (κ2) is 6.54. The quantitative estimate of drug-likeness (QED) is 0.878. The summed E-state index contributed by atoms with van der Waals surface area (Å²) in [4.78, 5) is 10.8. The normalized spacial score (nSPS) is 10.4. The Bertz CT molecular complexity index is 656. The van der Waals surface area contributed by atoms with E-state index in [0.29, 0.717) is 24.2 Å². The first-order valence-corrected chi connectivity index (χ1v) is 6.55. The molecule has 2 N–H and O–H groups in total.